The van der Waals surface area contributed by atoms with E-state index in [4.69, 9.17) is 11.6 Å². The molecule has 0 aliphatic rings. The molecule has 5 nitrogen and oxygen atoms in total. The van der Waals surface area contributed by atoms with E-state index in [1.807, 2.05) is 34.1 Å². The average molecular weight is 420 g/mol. The molecule has 0 fully saturated rings. The smallest absolute Gasteiger partial charge is 0.138 e. The summed E-state index contributed by atoms with van der Waals surface area (Å²) in [5, 5.41) is 7.44. The molecule has 2 heterocycles. The summed E-state index contributed by atoms with van der Waals surface area (Å²) in [6.45, 7) is 3.08. The highest BCUT2D eigenvalue weighted by Gasteiger charge is 2.16. The van der Waals surface area contributed by atoms with E-state index in [0.717, 1.165) is 16.9 Å². The van der Waals surface area contributed by atoms with Gasteiger partial charge >= 0.3 is 0 Å². The Balaban J connectivity index is 2.04. The maximum Gasteiger partial charge on any atom is 0.138 e. The summed E-state index contributed by atoms with van der Waals surface area (Å²) >= 11 is 8.17. The van der Waals surface area contributed by atoms with Gasteiger partial charge in [0, 0.05) is 18.8 Å². The van der Waals surface area contributed by atoms with Crippen LogP contribution in [0.5, 0.6) is 0 Å². The zero-order valence-corrected chi connectivity index (χ0v) is 14.1. The van der Waals surface area contributed by atoms with Gasteiger partial charge in [0.05, 0.1) is 32.7 Å². The van der Waals surface area contributed by atoms with Gasteiger partial charge in [0.15, 0.2) is 0 Å². The van der Waals surface area contributed by atoms with Crippen molar-refractivity contribution in [2.45, 2.75) is 25.4 Å². The number of imidazole rings is 1. The van der Waals surface area contributed by atoms with Crippen LogP contribution in [0.3, 0.4) is 0 Å². The molecule has 0 aliphatic carbocycles. The second kappa shape index (κ2) is 5.88. The molecule has 110 valence electrons. The summed E-state index contributed by atoms with van der Waals surface area (Å²) < 4.78 is 18.1. The zero-order valence-electron chi connectivity index (χ0n) is 11.2. The summed E-state index contributed by atoms with van der Waals surface area (Å²) in [4.78, 5) is 4.53. The molecule has 0 amide bonds. The first-order valence-electron chi connectivity index (χ1n) is 6.39. The molecule has 8 heteroatoms. The molecule has 0 N–H and O–H groups in total. The van der Waals surface area contributed by atoms with Gasteiger partial charge in [-0.15, -0.1) is 16.7 Å². The first-order chi connectivity index (χ1) is 10.1. The van der Waals surface area contributed by atoms with Crippen molar-refractivity contribution in [2.24, 2.45) is 0 Å². The Bertz CT molecular complexity index is 769. The van der Waals surface area contributed by atoms with Crippen molar-refractivity contribution in [2.75, 3.05) is 0 Å². The standard InChI is InChI=1S/C13H12ClFIN5/c1-8(14)13-18-11-7-10(16)9(15)6-12(11)21(13)5-4-20-3-2-17-19-20/h2-3,6-8H,4-5H2,1H3. The number of nitrogens with zero attached hydrogens (tertiary/aromatic N) is 5. The van der Waals surface area contributed by atoms with Gasteiger partial charge in [-0.25, -0.2) is 9.37 Å². The van der Waals surface area contributed by atoms with Crippen LogP contribution in [0.2, 0.25) is 0 Å². The van der Waals surface area contributed by atoms with Crippen LogP contribution in [0.4, 0.5) is 4.39 Å². The van der Waals surface area contributed by atoms with E-state index in [0.29, 0.717) is 16.7 Å². The molecule has 1 aromatic carbocycles. The number of rotatable bonds is 4. The lowest BCUT2D eigenvalue weighted by Crippen LogP contribution is -2.11. The summed E-state index contributed by atoms with van der Waals surface area (Å²) in [5.41, 5.74) is 1.50. The summed E-state index contributed by atoms with van der Waals surface area (Å²) in [7, 11) is 0. The fraction of sp³-hybridized carbons (Fsp3) is 0.308. The molecule has 0 spiro atoms. The maximum atomic E-state index is 13.8. The van der Waals surface area contributed by atoms with Crippen LogP contribution in [0, 0.1) is 9.39 Å². The van der Waals surface area contributed by atoms with Crippen LogP contribution >= 0.6 is 34.2 Å². The van der Waals surface area contributed by atoms with E-state index in [2.05, 4.69) is 15.3 Å². The number of alkyl halides is 1. The van der Waals surface area contributed by atoms with Crippen molar-refractivity contribution in [1.82, 2.24) is 24.5 Å². The van der Waals surface area contributed by atoms with Gasteiger partial charge < -0.3 is 4.57 Å². The number of fused-ring (bicyclic) bond motifs is 1. The zero-order chi connectivity index (χ0) is 15.0. The van der Waals surface area contributed by atoms with E-state index in [9.17, 15) is 4.39 Å². The minimum atomic E-state index is -0.256. The van der Waals surface area contributed by atoms with E-state index >= 15 is 0 Å². The van der Waals surface area contributed by atoms with Gasteiger partial charge in [-0.05, 0) is 35.6 Å². The summed E-state index contributed by atoms with van der Waals surface area (Å²) in [6, 6.07) is 3.24. The number of aryl methyl sites for hydroxylation is 2. The lowest BCUT2D eigenvalue weighted by Gasteiger charge is -2.10. The topological polar surface area (TPSA) is 48.5 Å². The summed E-state index contributed by atoms with van der Waals surface area (Å²) in [5.74, 6) is 0.479. The Morgan fingerprint density at radius 1 is 1.38 bits per heavy atom. The molecule has 0 saturated carbocycles. The number of aromatic nitrogens is 5. The van der Waals surface area contributed by atoms with Crippen LogP contribution in [0.1, 0.15) is 18.1 Å². The molecule has 2 aromatic heterocycles. The van der Waals surface area contributed by atoms with Gasteiger partial charge in [-0.3, -0.25) is 4.68 Å². The largest absolute Gasteiger partial charge is 0.325 e. The number of hydrogen-bond acceptors (Lipinski definition) is 3. The van der Waals surface area contributed by atoms with Crippen LogP contribution in [0.15, 0.2) is 24.5 Å². The number of benzene rings is 1. The third-order valence-electron chi connectivity index (χ3n) is 3.20. The SMILES string of the molecule is CC(Cl)c1nc2cc(I)c(F)cc2n1CCn1ccnn1. The summed E-state index contributed by atoms with van der Waals surface area (Å²) in [6.07, 6.45) is 3.41. The van der Waals surface area contributed by atoms with Crippen molar-refractivity contribution in [1.29, 1.82) is 0 Å². The predicted octanol–water partition coefficient (Wildman–Crippen LogP) is 3.37. The Hall–Kier alpha value is -1.22. The van der Waals surface area contributed by atoms with Gasteiger partial charge in [-0.2, -0.15) is 0 Å². The molecule has 3 aromatic rings. The normalized spacial score (nSPS) is 13.0. The molecule has 0 aliphatic heterocycles. The van der Waals surface area contributed by atoms with Gasteiger partial charge in [0.1, 0.15) is 11.6 Å². The second-order valence-electron chi connectivity index (χ2n) is 4.66. The molecule has 0 radical (unpaired) electrons. The minimum absolute atomic E-state index is 0.251. The average Bonchev–Trinajstić information content (AvgIpc) is 3.05. The Labute approximate surface area is 139 Å². The Morgan fingerprint density at radius 2 is 2.19 bits per heavy atom. The van der Waals surface area contributed by atoms with Crippen LogP contribution in [-0.4, -0.2) is 24.5 Å². The quantitative estimate of drug-likeness (QED) is 0.481. The minimum Gasteiger partial charge on any atom is -0.325 e. The van der Waals surface area contributed by atoms with Crippen molar-refractivity contribution < 1.29 is 4.39 Å². The highest BCUT2D eigenvalue weighted by Crippen LogP contribution is 2.27. The first-order valence-corrected chi connectivity index (χ1v) is 7.91. The molecule has 1 unspecified atom stereocenters. The molecule has 3 rings (SSSR count). The fourth-order valence-electron chi connectivity index (χ4n) is 2.23. The maximum absolute atomic E-state index is 13.8. The van der Waals surface area contributed by atoms with Gasteiger partial charge in [0.2, 0.25) is 0 Å². The van der Waals surface area contributed by atoms with Crippen molar-refractivity contribution in [3.63, 3.8) is 0 Å². The predicted molar refractivity (Wildman–Crippen MR) is 86.7 cm³/mol. The van der Waals surface area contributed by atoms with Crippen LogP contribution in [-0.2, 0) is 13.1 Å². The Kier molecular flexibility index (Phi) is 4.12. The molecule has 1 atom stereocenters. The van der Waals surface area contributed by atoms with E-state index in [1.54, 1.807) is 23.1 Å². The third kappa shape index (κ3) is 2.89. The van der Waals surface area contributed by atoms with E-state index < -0.39 is 0 Å². The van der Waals surface area contributed by atoms with Crippen LogP contribution in [0.25, 0.3) is 11.0 Å². The van der Waals surface area contributed by atoms with Crippen LogP contribution < -0.4 is 0 Å². The molecule has 0 bridgehead atoms. The number of hydrogen-bond donors (Lipinski definition) is 0. The lowest BCUT2D eigenvalue weighted by atomic mass is 10.3. The first kappa shape index (κ1) is 14.7. The van der Waals surface area contributed by atoms with Gasteiger partial charge in [-0.1, -0.05) is 5.21 Å². The molecule has 0 saturated heterocycles. The third-order valence-corrected chi connectivity index (χ3v) is 4.22. The molecule has 21 heavy (non-hydrogen) atoms. The highest BCUT2D eigenvalue weighted by atomic mass is 127. The monoisotopic (exact) mass is 419 g/mol. The van der Waals surface area contributed by atoms with Gasteiger partial charge in [0.25, 0.3) is 0 Å². The fourth-order valence-corrected chi connectivity index (χ4v) is 2.85. The molecular formula is C13H12ClFIN5. The van der Waals surface area contributed by atoms with Crippen molar-refractivity contribution in [3.05, 3.63) is 39.7 Å². The lowest BCUT2D eigenvalue weighted by molar-refractivity contribution is 0.514. The van der Waals surface area contributed by atoms with E-state index in [-0.39, 0.29) is 11.2 Å². The highest BCUT2D eigenvalue weighted by molar-refractivity contribution is 14.1. The van der Waals surface area contributed by atoms with Crippen molar-refractivity contribution >= 4 is 45.2 Å². The number of halogens is 3. The van der Waals surface area contributed by atoms with E-state index in [1.165, 1.54) is 6.07 Å². The Morgan fingerprint density at radius 3 is 2.86 bits per heavy atom. The molecular weight excluding hydrogens is 408 g/mol. The second-order valence-corrected chi connectivity index (χ2v) is 6.48. The van der Waals surface area contributed by atoms with Crippen molar-refractivity contribution in [3.8, 4) is 0 Å².